The highest BCUT2D eigenvalue weighted by atomic mass is 16.5. The number of nitrogens with zero attached hydrogens (tertiary/aromatic N) is 1. The Bertz CT molecular complexity index is 321. The highest BCUT2D eigenvalue weighted by Gasteiger charge is 2.55. The van der Waals surface area contributed by atoms with Crippen LogP contribution in [-0.2, 0) is 9.53 Å². The minimum Gasteiger partial charge on any atom is -0.469 e. The van der Waals surface area contributed by atoms with Gasteiger partial charge in [0, 0.05) is 12.1 Å². The quantitative estimate of drug-likeness (QED) is 0.685. The number of rotatable bonds is 1. The summed E-state index contributed by atoms with van der Waals surface area (Å²) in [4.78, 5) is 14.8. The summed E-state index contributed by atoms with van der Waals surface area (Å²) in [6.07, 6.45) is 5.58. The van der Waals surface area contributed by atoms with Gasteiger partial charge < -0.3 is 10.1 Å². The smallest absolute Gasteiger partial charge is 0.313 e. The van der Waals surface area contributed by atoms with E-state index in [2.05, 4.69) is 10.2 Å². The largest absolute Gasteiger partial charge is 0.469 e. The van der Waals surface area contributed by atoms with Crippen molar-refractivity contribution in [1.82, 2.24) is 10.2 Å². The number of nitrogens with one attached hydrogen (secondary N) is 1. The lowest BCUT2D eigenvalue weighted by Gasteiger charge is -2.35. The first kappa shape index (κ1) is 11.5. The molecule has 3 aliphatic rings. The molecule has 0 bridgehead atoms. The maximum atomic E-state index is 12.2. The third kappa shape index (κ3) is 1.61. The molecule has 0 aromatic carbocycles. The molecule has 0 aromatic rings. The molecule has 0 amide bonds. The first-order valence-corrected chi connectivity index (χ1v) is 6.84. The molecular weight excluding hydrogens is 216 g/mol. The maximum Gasteiger partial charge on any atom is 0.313 e. The summed E-state index contributed by atoms with van der Waals surface area (Å²) >= 11 is 0. The van der Waals surface area contributed by atoms with Crippen molar-refractivity contribution in [3.05, 3.63) is 0 Å². The monoisotopic (exact) mass is 238 g/mol. The van der Waals surface area contributed by atoms with Gasteiger partial charge in [0.15, 0.2) is 0 Å². The van der Waals surface area contributed by atoms with Gasteiger partial charge in [0.1, 0.15) is 0 Å². The summed E-state index contributed by atoms with van der Waals surface area (Å²) in [5.74, 6) is 0.0150. The van der Waals surface area contributed by atoms with Gasteiger partial charge in [0.25, 0.3) is 0 Å². The van der Waals surface area contributed by atoms with Crippen LogP contribution in [0, 0.1) is 5.41 Å². The van der Waals surface area contributed by atoms with Crippen LogP contribution in [0.4, 0.5) is 0 Å². The highest BCUT2D eigenvalue weighted by molar-refractivity contribution is 5.78. The van der Waals surface area contributed by atoms with Crippen molar-refractivity contribution in [3.63, 3.8) is 0 Å². The van der Waals surface area contributed by atoms with E-state index in [0.29, 0.717) is 12.1 Å². The van der Waals surface area contributed by atoms with Crippen molar-refractivity contribution < 1.29 is 9.53 Å². The van der Waals surface area contributed by atoms with Gasteiger partial charge in [-0.1, -0.05) is 0 Å². The molecule has 0 spiro atoms. The molecule has 3 aliphatic heterocycles. The SMILES string of the molecule is COC(=O)C12CCCN3CCCC3C1NCC2. The Morgan fingerprint density at radius 1 is 1.35 bits per heavy atom. The topological polar surface area (TPSA) is 41.6 Å². The summed E-state index contributed by atoms with van der Waals surface area (Å²) < 4.78 is 5.10. The van der Waals surface area contributed by atoms with Crippen LogP contribution in [0.15, 0.2) is 0 Å². The summed E-state index contributed by atoms with van der Waals surface area (Å²) in [6.45, 7) is 3.33. The fourth-order valence-corrected chi connectivity index (χ4v) is 4.23. The molecule has 0 radical (unpaired) electrons. The summed E-state index contributed by atoms with van der Waals surface area (Å²) in [5, 5.41) is 3.58. The molecule has 3 atom stereocenters. The Morgan fingerprint density at radius 3 is 3.00 bits per heavy atom. The molecule has 4 heteroatoms. The van der Waals surface area contributed by atoms with Crippen LogP contribution in [0.25, 0.3) is 0 Å². The van der Waals surface area contributed by atoms with E-state index in [-0.39, 0.29) is 11.4 Å². The molecule has 4 nitrogen and oxygen atoms in total. The van der Waals surface area contributed by atoms with Gasteiger partial charge in [0.2, 0.25) is 0 Å². The van der Waals surface area contributed by atoms with Crippen LogP contribution in [0.5, 0.6) is 0 Å². The van der Waals surface area contributed by atoms with Crippen molar-refractivity contribution in [2.75, 3.05) is 26.7 Å². The lowest BCUT2D eigenvalue weighted by atomic mass is 9.74. The molecule has 0 saturated carbocycles. The average Bonchev–Trinajstić information content (AvgIpc) is 2.93. The predicted octanol–water partition coefficient (Wildman–Crippen LogP) is 0.766. The van der Waals surface area contributed by atoms with Gasteiger partial charge >= 0.3 is 5.97 Å². The minimum atomic E-state index is -0.238. The predicted molar refractivity (Wildman–Crippen MR) is 64.7 cm³/mol. The van der Waals surface area contributed by atoms with Crippen LogP contribution in [0.3, 0.4) is 0 Å². The molecule has 17 heavy (non-hydrogen) atoms. The van der Waals surface area contributed by atoms with E-state index in [1.165, 1.54) is 26.5 Å². The second-order valence-corrected chi connectivity index (χ2v) is 5.68. The van der Waals surface area contributed by atoms with Crippen LogP contribution < -0.4 is 5.32 Å². The van der Waals surface area contributed by atoms with Gasteiger partial charge in [-0.3, -0.25) is 9.69 Å². The molecule has 3 saturated heterocycles. The average molecular weight is 238 g/mol. The third-order valence-corrected chi connectivity index (χ3v) is 4.99. The van der Waals surface area contributed by atoms with Crippen molar-refractivity contribution >= 4 is 5.97 Å². The molecule has 3 unspecified atom stereocenters. The van der Waals surface area contributed by atoms with Crippen LogP contribution in [-0.4, -0.2) is 49.7 Å². The fourth-order valence-electron chi connectivity index (χ4n) is 4.23. The Kier molecular flexibility index (Phi) is 2.87. The molecule has 3 heterocycles. The van der Waals surface area contributed by atoms with Gasteiger partial charge in [-0.25, -0.2) is 0 Å². The standard InChI is InChI=1S/C13H22N2O2/c1-17-12(16)13-5-3-9-15-8-2-4-10(15)11(13)14-7-6-13/h10-11,14H,2-9H2,1H3. The van der Waals surface area contributed by atoms with E-state index in [0.717, 1.165) is 32.4 Å². The molecule has 3 fully saturated rings. The van der Waals surface area contributed by atoms with E-state index in [1.807, 2.05) is 0 Å². The lowest BCUT2D eigenvalue weighted by Crippen LogP contribution is -2.52. The van der Waals surface area contributed by atoms with Gasteiger partial charge in [-0.05, 0) is 51.7 Å². The number of fused-ring (bicyclic) bond motifs is 3. The Morgan fingerprint density at radius 2 is 2.18 bits per heavy atom. The highest BCUT2D eigenvalue weighted by Crippen LogP contribution is 2.44. The number of esters is 1. The maximum absolute atomic E-state index is 12.2. The number of ether oxygens (including phenoxy) is 1. The second kappa shape index (κ2) is 4.25. The normalized spacial score (nSPS) is 41.7. The zero-order chi connectivity index (χ0) is 11.9. The van der Waals surface area contributed by atoms with Crippen LogP contribution in [0.1, 0.15) is 32.1 Å². The van der Waals surface area contributed by atoms with E-state index in [4.69, 9.17) is 4.74 Å². The number of hydrogen-bond donors (Lipinski definition) is 1. The van der Waals surface area contributed by atoms with E-state index in [1.54, 1.807) is 0 Å². The molecule has 3 rings (SSSR count). The summed E-state index contributed by atoms with van der Waals surface area (Å²) in [5.41, 5.74) is -0.238. The Balaban J connectivity index is 1.93. The zero-order valence-electron chi connectivity index (χ0n) is 10.6. The van der Waals surface area contributed by atoms with Crippen LogP contribution in [0.2, 0.25) is 0 Å². The molecular formula is C13H22N2O2. The molecule has 0 aliphatic carbocycles. The number of carbonyl (C=O) groups excluding carboxylic acids is 1. The van der Waals surface area contributed by atoms with Gasteiger partial charge in [-0.2, -0.15) is 0 Å². The molecule has 1 N–H and O–H groups in total. The minimum absolute atomic E-state index is 0.0150. The lowest BCUT2D eigenvalue weighted by molar-refractivity contribution is -0.154. The van der Waals surface area contributed by atoms with Gasteiger partial charge in [-0.15, -0.1) is 0 Å². The van der Waals surface area contributed by atoms with Crippen molar-refractivity contribution in [1.29, 1.82) is 0 Å². The first-order chi connectivity index (χ1) is 8.28. The van der Waals surface area contributed by atoms with Crippen LogP contribution >= 0.6 is 0 Å². The van der Waals surface area contributed by atoms with Crippen molar-refractivity contribution in [2.24, 2.45) is 5.41 Å². The third-order valence-electron chi connectivity index (χ3n) is 4.99. The van der Waals surface area contributed by atoms with Crippen molar-refractivity contribution in [3.8, 4) is 0 Å². The number of carbonyl (C=O) groups is 1. The van der Waals surface area contributed by atoms with E-state index < -0.39 is 0 Å². The fraction of sp³-hybridized carbons (Fsp3) is 0.923. The molecule has 96 valence electrons. The summed E-state index contributed by atoms with van der Waals surface area (Å²) in [7, 11) is 1.53. The van der Waals surface area contributed by atoms with Crippen molar-refractivity contribution in [2.45, 2.75) is 44.2 Å². The molecule has 0 aromatic heterocycles. The first-order valence-electron chi connectivity index (χ1n) is 6.84. The van der Waals surface area contributed by atoms with E-state index >= 15 is 0 Å². The Hall–Kier alpha value is -0.610. The number of methoxy groups -OCH3 is 1. The van der Waals surface area contributed by atoms with E-state index in [9.17, 15) is 4.79 Å². The zero-order valence-corrected chi connectivity index (χ0v) is 10.6. The Labute approximate surface area is 103 Å². The second-order valence-electron chi connectivity index (χ2n) is 5.68. The number of hydrogen-bond acceptors (Lipinski definition) is 4. The van der Waals surface area contributed by atoms with Gasteiger partial charge in [0.05, 0.1) is 12.5 Å². The summed E-state index contributed by atoms with van der Waals surface area (Å²) in [6, 6.07) is 0.874.